The minimum Gasteiger partial charge on any atom is -0.452 e. The Balaban J connectivity index is 2.40. The van der Waals surface area contributed by atoms with Crippen molar-refractivity contribution in [2.45, 2.75) is 6.42 Å². The molecule has 0 aliphatic heterocycles. The smallest absolute Gasteiger partial charge is 0.184 e. The van der Waals surface area contributed by atoms with Crippen molar-refractivity contribution in [1.29, 1.82) is 0 Å². The Morgan fingerprint density at radius 3 is 2.47 bits per heavy atom. The molecule has 0 aromatic heterocycles. The Morgan fingerprint density at radius 2 is 1.74 bits per heavy atom. The van der Waals surface area contributed by atoms with Gasteiger partial charge in [-0.05, 0) is 36.7 Å². The molecule has 2 nitrogen and oxygen atoms in total. The molecule has 2 rings (SSSR count). The summed E-state index contributed by atoms with van der Waals surface area (Å²) in [4.78, 5) is 0. The highest BCUT2D eigenvalue weighted by molar-refractivity contribution is 6.32. The van der Waals surface area contributed by atoms with E-state index in [9.17, 15) is 4.39 Å². The van der Waals surface area contributed by atoms with Crippen LogP contribution in [0.15, 0.2) is 36.4 Å². The van der Waals surface area contributed by atoms with E-state index in [-0.39, 0.29) is 10.8 Å². The molecule has 0 saturated carbocycles. The molecule has 2 aromatic rings. The number of rotatable bonds is 4. The summed E-state index contributed by atoms with van der Waals surface area (Å²) in [5, 5.41) is 0.412. The first-order valence-corrected chi connectivity index (χ1v) is 6.48. The normalized spacial score (nSPS) is 10.5. The molecule has 2 aromatic carbocycles. The molecule has 0 saturated heterocycles. The van der Waals surface area contributed by atoms with Crippen molar-refractivity contribution in [2.24, 2.45) is 5.73 Å². The maximum absolute atomic E-state index is 13.8. The number of halogens is 3. The first kappa shape index (κ1) is 14.1. The zero-order valence-electron chi connectivity index (χ0n) is 10.00. The van der Waals surface area contributed by atoms with Gasteiger partial charge in [0.25, 0.3) is 0 Å². The van der Waals surface area contributed by atoms with Gasteiger partial charge in [0.05, 0.1) is 10.0 Å². The second kappa shape index (κ2) is 6.24. The second-order valence-electron chi connectivity index (χ2n) is 3.92. The summed E-state index contributed by atoms with van der Waals surface area (Å²) in [6.07, 6.45) is 0.595. The van der Waals surface area contributed by atoms with E-state index in [0.29, 0.717) is 23.7 Å². The zero-order valence-corrected chi connectivity index (χ0v) is 11.5. The van der Waals surface area contributed by atoms with E-state index in [1.807, 2.05) is 6.07 Å². The number of para-hydroxylation sites is 1. The van der Waals surface area contributed by atoms with Crippen molar-refractivity contribution in [3.05, 3.63) is 57.8 Å². The Hall–Kier alpha value is -1.29. The average molecular weight is 300 g/mol. The molecule has 100 valence electrons. The van der Waals surface area contributed by atoms with Crippen LogP contribution in [0.1, 0.15) is 5.56 Å². The van der Waals surface area contributed by atoms with Crippen LogP contribution in [0, 0.1) is 5.82 Å². The van der Waals surface area contributed by atoms with Gasteiger partial charge in [0.1, 0.15) is 5.75 Å². The van der Waals surface area contributed by atoms with E-state index >= 15 is 0 Å². The molecule has 0 amide bonds. The zero-order chi connectivity index (χ0) is 13.8. The number of nitrogens with two attached hydrogens (primary N) is 1. The standard InChI is InChI=1S/C14H12Cl2FNO/c15-10-4-2-6-12(13(10)17)19-14-9(7-8-18)3-1-5-11(14)16/h1-6H,7-8,18H2. The van der Waals surface area contributed by atoms with Crippen LogP contribution in [0.5, 0.6) is 11.5 Å². The molecule has 0 bridgehead atoms. The van der Waals surface area contributed by atoms with Crippen molar-refractivity contribution in [3.8, 4) is 11.5 Å². The van der Waals surface area contributed by atoms with Gasteiger partial charge in [-0.3, -0.25) is 0 Å². The van der Waals surface area contributed by atoms with Gasteiger partial charge in [-0.2, -0.15) is 0 Å². The molecular weight excluding hydrogens is 288 g/mol. The summed E-state index contributed by atoms with van der Waals surface area (Å²) in [5.41, 5.74) is 6.36. The fraction of sp³-hybridized carbons (Fsp3) is 0.143. The van der Waals surface area contributed by atoms with Gasteiger partial charge in [-0.25, -0.2) is 4.39 Å². The highest BCUT2D eigenvalue weighted by Gasteiger charge is 2.13. The lowest BCUT2D eigenvalue weighted by Gasteiger charge is -2.13. The SMILES string of the molecule is NCCc1cccc(Cl)c1Oc1cccc(Cl)c1F. The molecule has 5 heteroatoms. The minimum absolute atomic E-state index is 0.00456. The van der Waals surface area contributed by atoms with Crippen LogP contribution in [0.3, 0.4) is 0 Å². The summed E-state index contributed by atoms with van der Waals surface area (Å²) in [6.45, 7) is 0.453. The number of ether oxygens (including phenoxy) is 1. The van der Waals surface area contributed by atoms with Crippen molar-refractivity contribution in [2.75, 3.05) is 6.54 Å². The number of hydrogen-bond donors (Lipinski definition) is 1. The minimum atomic E-state index is -0.609. The summed E-state index contributed by atoms with van der Waals surface area (Å²) < 4.78 is 19.4. The maximum Gasteiger partial charge on any atom is 0.184 e. The number of hydrogen-bond acceptors (Lipinski definition) is 2. The van der Waals surface area contributed by atoms with E-state index in [1.165, 1.54) is 12.1 Å². The lowest BCUT2D eigenvalue weighted by atomic mass is 10.1. The molecule has 0 spiro atoms. The van der Waals surface area contributed by atoms with Crippen LogP contribution in [0.25, 0.3) is 0 Å². The fourth-order valence-corrected chi connectivity index (χ4v) is 2.09. The molecule has 0 radical (unpaired) electrons. The average Bonchev–Trinajstić information content (AvgIpc) is 2.39. The van der Waals surface area contributed by atoms with Crippen molar-refractivity contribution >= 4 is 23.2 Å². The highest BCUT2D eigenvalue weighted by Crippen LogP contribution is 2.35. The molecule has 2 N–H and O–H groups in total. The lowest BCUT2D eigenvalue weighted by Crippen LogP contribution is -2.04. The van der Waals surface area contributed by atoms with Crippen molar-refractivity contribution in [1.82, 2.24) is 0 Å². The molecule has 0 fully saturated rings. The summed E-state index contributed by atoms with van der Waals surface area (Å²) in [6, 6.07) is 9.89. The van der Waals surface area contributed by atoms with Crippen molar-refractivity contribution in [3.63, 3.8) is 0 Å². The van der Waals surface area contributed by atoms with Gasteiger partial charge < -0.3 is 10.5 Å². The monoisotopic (exact) mass is 299 g/mol. The highest BCUT2D eigenvalue weighted by atomic mass is 35.5. The third-order valence-electron chi connectivity index (χ3n) is 2.59. The summed E-state index contributed by atoms with van der Waals surface area (Å²) in [7, 11) is 0. The van der Waals surface area contributed by atoms with E-state index in [4.69, 9.17) is 33.7 Å². The van der Waals surface area contributed by atoms with Crippen LogP contribution < -0.4 is 10.5 Å². The molecule has 19 heavy (non-hydrogen) atoms. The predicted octanol–water partition coefficient (Wildman–Crippen LogP) is 4.43. The Morgan fingerprint density at radius 1 is 1.05 bits per heavy atom. The van der Waals surface area contributed by atoms with E-state index in [2.05, 4.69) is 0 Å². The van der Waals surface area contributed by atoms with Crippen LogP contribution in [0.4, 0.5) is 4.39 Å². The lowest BCUT2D eigenvalue weighted by molar-refractivity contribution is 0.438. The molecule has 0 heterocycles. The van der Waals surface area contributed by atoms with Gasteiger partial charge in [-0.15, -0.1) is 0 Å². The first-order valence-electron chi connectivity index (χ1n) is 5.73. The van der Waals surface area contributed by atoms with Crippen LogP contribution in [-0.2, 0) is 6.42 Å². The van der Waals surface area contributed by atoms with Crippen LogP contribution in [-0.4, -0.2) is 6.54 Å². The number of benzene rings is 2. The summed E-state index contributed by atoms with van der Waals surface area (Å²) >= 11 is 11.8. The summed E-state index contributed by atoms with van der Waals surface area (Å²) in [5.74, 6) is -0.155. The molecule has 0 unspecified atom stereocenters. The van der Waals surface area contributed by atoms with E-state index < -0.39 is 5.82 Å². The quantitative estimate of drug-likeness (QED) is 0.906. The molecule has 0 atom stereocenters. The third kappa shape index (κ3) is 3.18. The Kier molecular flexibility index (Phi) is 4.64. The predicted molar refractivity (Wildman–Crippen MR) is 75.7 cm³/mol. The van der Waals surface area contributed by atoms with Gasteiger partial charge in [-0.1, -0.05) is 41.4 Å². The Labute approximate surface area is 120 Å². The maximum atomic E-state index is 13.8. The van der Waals surface area contributed by atoms with E-state index in [1.54, 1.807) is 18.2 Å². The van der Waals surface area contributed by atoms with Crippen molar-refractivity contribution < 1.29 is 9.13 Å². The van der Waals surface area contributed by atoms with Gasteiger partial charge in [0.15, 0.2) is 11.6 Å². The second-order valence-corrected chi connectivity index (χ2v) is 4.74. The van der Waals surface area contributed by atoms with Crippen LogP contribution >= 0.6 is 23.2 Å². The largest absolute Gasteiger partial charge is 0.452 e. The Bertz CT molecular complexity index is 590. The fourth-order valence-electron chi connectivity index (χ4n) is 1.69. The van der Waals surface area contributed by atoms with E-state index in [0.717, 1.165) is 5.56 Å². The van der Waals surface area contributed by atoms with Gasteiger partial charge in [0.2, 0.25) is 0 Å². The van der Waals surface area contributed by atoms with Gasteiger partial charge in [0, 0.05) is 0 Å². The van der Waals surface area contributed by atoms with Gasteiger partial charge >= 0.3 is 0 Å². The van der Waals surface area contributed by atoms with Crippen LogP contribution in [0.2, 0.25) is 10.0 Å². The molecular formula is C14H12Cl2FNO. The third-order valence-corrected chi connectivity index (χ3v) is 3.18. The topological polar surface area (TPSA) is 35.2 Å². The molecule has 0 aliphatic carbocycles. The molecule has 0 aliphatic rings. The first-order chi connectivity index (χ1) is 9.13.